The van der Waals surface area contributed by atoms with Gasteiger partial charge in [0.15, 0.2) is 0 Å². The van der Waals surface area contributed by atoms with Crippen molar-refractivity contribution in [3.05, 3.63) is 35.4 Å². The highest BCUT2D eigenvalue weighted by Gasteiger charge is 2.16. The monoisotopic (exact) mass is 219 g/mol. The Morgan fingerprint density at radius 1 is 1.38 bits per heavy atom. The lowest BCUT2D eigenvalue weighted by Crippen LogP contribution is -2.21. The zero-order valence-corrected chi connectivity index (χ0v) is 9.48. The summed E-state index contributed by atoms with van der Waals surface area (Å²) in [5, 5.41) is 0. The Labute approximate surface area is 95.6 Å². The van der Waals surface area contributed by atoms with Crippen molar-refractivity contribution in [2.75, 3.05) is 0 Å². The maximum Gasteiger partial charge on any atom is 0.225 e. The summed E-state index contributed by atoms with van der Waals surface area (Å²) in [5.41, 5.74) is 7.31. The van der Waals surface area contributed by atoms with Gasteiger partial charge in [-0.25, -0.2) is 0 Å². The molecule has 0 heterocycles. The molecule has 0 aliphatic rings. The Morgan fingerprint density at radius 3 is 2.44 bits per heavy atom. The fourth-order valence-corrected chi connectivity index (χ4v) is 1.72. The molecule has 0 fully saturated rings. The summed E-state index contributed by atoms with van der Waals surface area (Å²) in [6.07, 6.45) is 3.00. The normalized spacial score (nSPS) is 12.1. The molecule has 0 aromatic heterocycles. The van der Waals surface area contributed by atoms with Crippen molar-refractivity contribution < 1.29 is 9.59 Å². The molecule has 0 radical (unpaired) electrons. The lowest BCUT2D eigenvalue weighted by molar-refractivity contribution is -0.121. The van der Waals surface area contributed by atoms with Gasteiger partial charge in [0, 0.05) is 6.42 Å². The maximum absolute atomic E-state index is 11.2. The molecule has 0 aliphatic carbocycles. The van der Waals surface area contributed by atoms with Crippen LogP contribution >= 0.6 is 0 Å². The summed E-state index contributed by atoms with van der Waals surface area (Å²) in [6, 6.07) is 7.73. The second-order valence-electron chi connectivity index (χ2n) is 3.85. The van der Waals surface area contributed by atoms with Gasteiger partial charge < -0.3 is 10.5 Å². The van der Waals surface area contributed by atoms with E-state index in [1.54, 1.807) is 0 Å². The van der Waals surface area contributed by atoms with Crippen molar-refractivity contribution in [3.8, 4) is 0 Å². The van der Waals surface area contributed by atoms with E-state index >= 15 is 0 Å². The summed E-state index contributed by atoms with van der Waals surface area (Å²) < 4.78 is 0. The van der Waals surface area contributed by atoms with E-state index in [0.717, 1.165) is 24.7 Å². The van der Waals surface area contributed by atoms with Crippen molar-refractivity contribution >= 4 is 12.2 Å². The zero-order valence-electron chi connectivity index (χ0n) is 9.48. The quantitative estimate of drug-likeness (QED) is 0.741. The van der Waals surface area contributed by atoms with Gasteiger partial charge in [-0.15, -0.1) is 0 Å². The maximum atomic E-state index is 11.2. The summed E-state index contributed by atoms with van der Waals surface area (Å²) >= 11 is 0. The fourth-order valence-electron chi connectivity index (χ4n) is 1.72. The largest absolute Gasteiger partial charge is 0.369 e. The van der Waals surface area contributed by atoms with E-state index in [0.29, 0.717) is 0 Å². The van der Waals surface area contributed by atoms with E-state index in [1.807, 2.05) is 24.3 Å². The van der Waals surface area contributed by atoms with E-state index in [9.17, 15) is 9.59 Å². The first-order chi connectivity index (χ1) is 7.69. The minimum absolute atomic E-state index is 0.155. The number of aryl methyl sites for hydroxylation is 1. The van der Waals surface area contributed by atoms with Crippen molar-refractivity contribution in [2.45, 2.75) is 32.1 Å². The molecule has 1 unspecified atom stereocenters. The molecule has 2 N–H and O–H groups in total. The first kappa shape index (κ1) is 12.4. The molecule has 16 heavy (non-hydrogen) atoms. The van der Waals surface area contributed by atoms with Crippen LogP contribution in [0.1, 0.15) is 36.8 Å². The molecular weight excluding hydrogens is 202 g/mol. The minimum atomic E-state index is -0.492. The molecule has 1 aromatic carbocycles. The Balaban J connectivity index is 2.85. The number of hydrogen-bond acceptors (Lipinski definition) is 2. The van der Waals surface area contributed by atoms with Gasteiger partial charge in [0.1, 0.15) is 6.29 Å². The van der Waals surface area contributed by atoms with Crippen LogP contribution in [0.4, 0.5) is 0 Å². The van der Waals surface area contributed by atoms with Crippen molar-refractivity contribution in [1.82, 2.24) is 0 Å². The van der Waals surface area contributed by atoms with Gasteiger partial charge in [0.2, 0.25) is 5.91 Å². The molecule has 1 atom stereocenters. The lowest BCUT2D eigenvalue weighted by Gasteiger charge is -2.10. The van der Waals surface area contributed by atoms with Crippen LogP contribution in [0.3, 0.4) is 0 Å². The van der Waals surface area contributed by atoms with Gasteiger partial charge in [-0.1, -0.05) is 37.6 Å². The second kappa shape index (κ2) is 6.05. The molecule has 0 saturated heterocycles. The standard InChI is InChI=1S/C13H17NO2/c1-2-3-10-4-6-11(7-5-10)12(8-9-15)13(14)16/h4-7,9,12H,2-3,8H2,1H3,(H2,14,16). The predicted octanol–water partition coefficient (Wildman–Crippen LogP) is 1.80. The molecule has 1 aromatic rings. The van der Waals surface area contributed by atoms with Crippen LogP contribution in [0.5, 0.6) is 0 Å². The van der Waals surface area contributed by atoms with E-state index in [4.69, 9.17) is 5.73 Å². The lowest BCUT2D eigenvalue weighted by atomic mass is 9.94. The van der Waals surface area contributed by atoms with Gasteiger partial charge in [-0.3, -0.25) is 4.79 Å². The van der Waals surface area contributed by atoms with Gasteiger partial charge in [0.05, 0.1) is 5.92 Å². The Hall–Kier alpha value is -1.64. The highest BCUT2D eigenvalue weighted by Crippen LogP contribution is 2.19. The van der Waals surface area contributed by atoms with E-state index in [1.165, 1.54) is 5.56 Å². The third kappa shape index (κ3) is 3.19. The van der Waals surface area contributed by atoms with Crippen molar-refractivity contribution in [3.63, 3.8) is 0 Å². The number of aldehydes is 1. The van der Waals surface area contributed by atoms with Crippen LogP contribution in [-0.4, -0.2) is 12.2 Å². The molecule has 0 bridgehead atoms. The topological polar surface area (TPSA) is 60.2 Å². The number of primary amides is 1. The van der Waals surface area contributed by atoms with Crippen LogP contribution in [0, 0.1) is 0 Å². The predicted molar refractivity (Wildman–Crippen MR) is 63.1 cm³/mol. The molecule has 0 spiro atoms. The van der Waals surface area contributed by atoms with Gasteiger partial charge in [-0.2, -0.15) is 0 Å². The molecule has 0 saturated carbocycles. The van der Waals surface area contributed by atoms with Gasteiger partial charge in [0.25, 0.3) is 0 Å². The highest BCUT2D eigenvalue weighted by molar-refractivity contribution is 5.84. The van der Waals surface area contributed by atoms with E-state index < -0.39 is 11.8 Å². The number of hydrogen-bond donors (Lipinski definition) is 1. The summed E-state index contributed by atoms with van der Waals surface area (Å²) in [7, 11) is 0. The number of nitrogens with two attached hydrogens (primary N) is 1. The van der Waals surface area contributed by atoms with Crippen LogP contribution in [0.25, 0.3) is 0 Å². The smallest absolute Gasteiger partial charge is 0.225 e. The van der Waals surface area contributed by atoms with Crippen molar-refractivity contribution in [2.24, 2.45) is 5.73 Å². The molecule has 1 amide bonds. The van der Waals surface area contributed by atoms with Gasteiger partial charge in [-0.05, 0) is 17.5 Å². The Bertz CT molecular complexity index is 357. The van der Waals surface area contributed by atoms with Gasteiger partial charge >= 0.3 is 0 Å². The first-order valence-electron chi connectivity index (χ1n) is 5.50. The Kier molecular flexibility index (Phi) is 4.70. The van der Waals surface area contributed by atoms with Crippen LogP contribution in [0.15, 0.2) is 24.3 Å². The molecule has 1 rings (SSSR count). The summed E-state index contributed by atoms with van der Waals surface area (Å²) in [6.45, 7) is 2.12. The summed E-state index contributed by atoms with van der Waals surface area (Å²) in [5.74, 6) is -0.941. The number of carbonyl (C=O) groups is 2. The third-order valence-corrected chi connectivity index (χ3v) is 2.60. The molecule has 0 aliphatic heterocycles. The number of benzene rings is 1. The van der Waals surface area contributed by atoms with Crippen LogP contribution < -0.4 is 5.73 Å². The van der Waals surface area contributed by atoms with E-state index in [-0.39, 0.29) is 6.42 Å². The molecule has 3 nitrogen and oxygen atoms in total. The molecule has 3 heteroatoms. The summed E-state index contributed by atoms with van der Waals surface area (Å²) in [4.78, 5) is 21.6. The van der Waals surface area contributed by atoms with E-state index in [2.05, 4.69) is 6.92 Å². The second-order valence-corrected chi connectivity index (χ2v) is 3.85. The first-order valence-corrected chi connectivity index (χ1v) is 5.50. The highest BCUT2D eigenvalue weighted by atomic mass is 16.1. The number of rotatable bonds is 6. The van der Waals surface area contributed by atoms with Crippen molar-refractivity contribution in [1.29, 1.82) is 0 Å². The average molecular weight is 219 g/mol. The minimum Gasteiger partial charge on any atom is -0.369 e. The van der Waals surface area contributed by atoms with Crippen LogP contribution in [-0.2, 0) is 16.0 Å². The molecular formula is C13H17NO2. The number of amides is 1. The van der Waals surface area contributed by atoms with Crippen LogP contribution in [0.2, 0.25) is 0 Å². The zero-order chi connectivity index (χ0) is 12.0. The SMILES string of the molecule is CCCc1ccc(C(CC=O)C(N)=O)cc1. The third-order valence-electron chi connectivity index (χ3n) is 2.60. The number of carbonyl (C=O) groups excluding carboxylic acids is 2. The molecule has 86 valence electrons. The average Bonchev–Trinajstić information content (AvgIpc) is 2.27. The Morgan fingerprint density at radius 2 is 2.00 bits per heavy atom. The fraction of sp³-hybridized carbons (Fsp3) is 0.385.